The van der Waals surface area contributed by atoms with Crippen molar-refractivity contribution in [1.29, 1.82) is 0 Å². The quantitative estimate of drug-likeness (QED) is 0.661. The van der Waals surface area contributed by atoms with Crippen molar-refractivity contribution in [2.24, 2.45) is 5.92 Å². The molecule has 2 aromatic heterocycles. The lowest BCUT2D eigenvalue weighted by molar-refractivity contribution is 0.0826. The summed E-state index contributed by atoms with van der Waals surface area (Å²) < 4.78 is 0. The van der Waals surface area contributed by atoms with Crippen LogP contribution in [0.4, 0.5) is 0 Å². The van der Waals surface area contributed by atoms with Crippen LogP contribution in [-0.2, 0) is 0 Å². The Morgan fingerprint density at radius 3 is 2.96 bits per heavy atom. The Hall–Kier alpha value is -3.35. The average Bonchev–Trinajstić information content (AvgIpc) is 3.37. The van der Waals surface area contributed by atoms with E-state index in [1.165, 1.54) is 0 Å². The van der Waals surface area contributed by atoms with Crippen molar-refractivity contribution < 1.29 is 9.90 Å². The zero-order valence-electron chi connectivity index (χ0n) is 13.9. The molecule has 0 aliphatic carbocycles. The molecule has 4 heterocycles. The SMILES string of the molecule is O=C(c1cc(-c2ccc(O)cc2)nc2[nH]ncc12)N1CCC2CNC=C21. The van der Waals surface area contributed by atoms with E-state index in [-0.39, 0.29) is 11.7 Å². The average molecular weight is 347 g/mol. The van der Waals surface area contributed by atoms with Crippen LogP contribution < -0.4 is 5.32 Å². The number of fused-ring (bicyclic) bond motifs is 2. The van der Waals surface area contributed by atoms with E-state index in [2.05, 4.69) is 20.5 Å². The molecule has 1 atom stereocenters. The number of pyridine rings is 1. The fraction of sp³-hybridized carbons (Fsp3) is 0.211. The molecule has 0 bridgehead atoms. The van der Waals surface area contributed by atoms with Gasteiger partial charge < -0.3 is 15.3 Å². The number of hydrogen-bond donors (Lipinski definition) is 3. The summed E-state index contributed by atoms with van der Waals surface area (Å²) in [5, 5.41) is 20.4. The Balaban J connectivity index is 1.61. The summed E-state index contributed by atoms with van der Waals surface area (Å²) in [4.78, 5) is 19.7. The van der Waals surface area contributed by atoms with Crippen LogP contribution >= 0.6 is 0 Å². The zero-order valence-corrected chi connectivity index (χ0v) is 13.9. The van der Waals surface area contributed by atoms with Crippen molar-refractivity contribution >= 4 is 16.9 Å². The molecular formula is C19H17N5O2. The topological polar surface area (TPSA) is 94.1 Å². The van der Waals surface area contributed by atoms with Crippen LogP contribution in [0.2, 0.25) is 0 Å². The summed E-state index contributed by atoms with van der Waals surface area (Å²) in [6.45, 7) is 1.63. The zero-order chi connectivity index (χ0) is 17.7. The third-order valence-corrected chi connectivity index (χ3v) is 5.11. The molecule has 3 aromatic rings. The van der Waals surface area contributed by atoms with Gasteiger partial charge in [0.2, 0.25) is 0 Å². The van der Waals surface area contributed by atoms with E-state index in [4.69, 9.17) is 0 Å². The lowest BCUT2D eigenvalue weighted by Crippen LogP contribution is -2.27. The number of carbonyl (C=O) groups is 1. The number of phenolic OH excluding ortho intramolecular Hbond substituents is 1. The molecule has 1 aromatic carbocycles. The van der Waals surface area contributed by atoms with Gasteiger partial charge in [-0.3, -0.25) is 9.89 Å². The number of aromatic amines is 1. The van der Waals surface area contributed by atoms with Crippen molar-refractivity contribution in [2.75, 3.05) is 13.1 Å². The minimum atomic E-state index is -0.0312. The minimum Gasteiger partial charge on any atom is -0.508 e. The maximum absolute atomic E-state index is 13.3. The maximum atomic E-state index is 13.3. The number of amides is 1. The molecule has 1 amide bonds. The first-order chi connectivity index (χ1) is 12.7. The Labute approximate surface area is 149 Å². The van der Waals surface area contributed by atoms with Gasteiger partial charge >= 0.3 is 0 Å². The number of carbonyl (C=O) groups excluding carboxylic acids is 1. The van der Waals surface area contributed by atoms with Gasteiger partial charge in [0.1, 0.15) is 5.75 Å². The van der Waals surface area contributed by atoms with Crippen molar-refractivity contribution in [2.45, 2.75) is 6.42 Å². The molecule has 7 nitrogen and oxygen atoms in total. The summed E-state index contributed by atoms with van der Waals surface area (Å²) in [6, 6.07) is 8.58. The summed E-state index contributed by atoms with van der Waals surface area (Å²) in [6.07, 6.45) is 4.57. The molecule has 0 saturated carbocycles. The van der Waals surface area contributed by atoms with E-state index in [0.29, 0.717) is 28.2 Å². The van der Waals surface area contributed by atoms with Gasteiger partial charge in [0.15, 0.2) is 5.65 Å². The van der Waals surface area contributed by atoms with Crippen LogP contribution in [0.3, 0.4) is 0 Å². The van der Waals surface area contributed by atoms with Crippen LogP contribution in [0.1, 0.15) is 16.8 Å². The van der Waals surface area contributed by atoms with Gasteiger partial charge in [0.05, 0.1) is 22.8 Å². The molecule has 3 N–H and O–H groups in total. The highest BCUT2D eigenvalue weighted by atomic mass is 16.3. The fourth-order valence-corrected chi connectivity index (χ4v) is 3.74. The number of aromatic nitrogens is 3. The standard InChI is InChI=1S/C19H17N5O2/c25-13-3-1-11(2-4-13)16-7-14(15-9-21-23-18(15)22-16)19(26)24-6-5-12-8-20-10-17(12)24/h1-4,7,9-10,12,20,25H,5-6,8H2,(H,21,22,23). The van der Waals surface area contributed by atoms with Crippen LogP contribution in [0.5, 0.6) is 5.75 Å². The molecule has 1 fully saturated rings. The first-order valence-electron chi connectivity index (χ1n) is 8.59. The van der Waals surface area contributed by atoms with E-state index in [0.717, 1.165) is 30.8 Å². The Morgan fingerprint density at radius 1 is 1.27 bits per heavy atom. The van der Waals surface area contributed by atoms with Gasteiger partial charge in [-0.15, -0.1) is 0 Å². The first kappa shape index (κ1) is 14.9. The highest BCUT2D eigenvalue weighted by Gasteiger charge is 2.35. The van der Waals surface area contributed by atoms with Gasteiger partial charge in [-0.05, 0) is 36.8 Å². The molecule has 130 valence electrons. The van der Waals surface area contributed by atoms with Crippen molar-refractivity contribution in [3.8, 4) is 17.0 Å². The van der Waals surface area contributed by atoms with Gasteiger partial charge in [0.25, 0.3) is 5.91 Å². The molecule has 2 aliphatic heterocycles. The summed E-state index contributed by atoms with van der Waals surface area (Å²) in [5.41, 5.74) is 3.72. The van der Waals surface area contributed by atoms with Gasteiger partial charge in [-0.25, -0.2) is 4.98 Å². The van der Waals surface area contributed by atoms with Gasteiger partial charge in [0, 0.05) is 36.5 Å². The van der Waals surface area contributed by atoms with Crippen LogP contribution in [0.15, 0.2) is 48.4 Å². The Kier molecular flexibility index (Phi) is 3.21. The molecule has 1 saturated heterocycles. The number of H-pyrrole nitrogens is 1. The number of aromatic hydroxyl groups is 1. The summed E-state index contributed by atoms with van der Waals surface area (Å²) >= 11 is 0. The van der Waals surface area contributed by atoms with Crippen LogP contribution in [-0.4, -0.2) is 44.2 Å². The normalized spacial score (nSPS) is 18.7. The third-order valence-electron chi connectivity index (χ3n) is 5.11. The monoisotopic (exact) mass is 347 g/mol. The van der Waals surface area contributed by atoms with E-state index in [1.54, 1.807) is 30.5 Å². The molecule has 7 heteroatoms. The molecule has 5 rings (SSSR count). The smallest absolute Gasteiger partial charge is 0.258 e. The predicted molar refractivity (Wildman–Crippen MR) is 96.2 cm³/mol. The second kappa shape index (κ2) is 5.59. The second-order valence-corrected chi connectivity index (χ2v) is 6.65. The van der Waals surface area contributed by atoms with Crippen LogP contribution in [0, 0.1) is 5.92 Å². The minimum absolute atomic E-state index is 0.0312. The highest BCUT2D eigenvalue weighted by molar-refractivity contribution is 6.07. The number of hydrogen-bond acceptors (Lipinski definition) is 5. The Bertz CT molecular complexity index is 1040. The number of nitrogens with one attached hydrogen (secondary N) is 2. The second-order valence-electron chi connectivity index (χ2n) is 6.65. The third kappa shape index (κ3) is 2.24. The van der Waals surface area contributed by atoms with Crippen molar-refractivity contribution in [1.82, 2.24) is 25.4 Å². The van der Waals surface area contributed by atoms with E-state index >= 15 is 0 Å². The van der Waals surface area contributed by atoms with E-state index < -0.39 is 0 Å². The van der Waals surface area contributed by atoms with Gasteiger partial charge in [-0.2, -0.15) is 5.10 Å². The molecular weight excluding hydrogens is 330 g/mol. The van der Waals surface area contributed by atoms with Crippen LogP contribution in [0.25, 0.3) is 22.3 Å². The van der Waals surface area contributed by atoms with E-state index in [1.807, 2.05) is 17.2 Å². The van der Waals surface area contributed by atoms with Gasteiger partial charge in [-0.1, -0.05) is 0 Å². The largest absolute Gasteiger partial charge is 0.508 e. The Morgan fingerprint density at radius 2 is 2.12 bits per heavy atom. The number of benzene rings is 1. The fourth-order valence-electron chi connectivity index (χ4n) is 3.74. The predicted octanol–water partition coefficient (Wildman–Crippen LogP) is 2.24. The summed E-state index contributed by atoms with van der Waals surface area (Å²) in [5.74, 6) is 0.574. The molecule has 26 heavy (non-hydrogen) atoms. The number of phenols is 1. The maximum Gasteiger partial charge on any atom is 0.258 e. The molecule has 1 unspecified atom stereocenters. The number of rotatable bonds is 2. The van der Waals surface area contributed by atoms with E-state index in [9.17, 15) is 9.90 Å². The molecule has 0 radical (unpaired) electrons. The lowest BCUT2D eigenvalue weighted by atomic mass is 10.1. The lowest BCUT2D eigenvalue weighted by Gasteiger charge is -2.18. The van der Waals surface area contributed by atoms with Crippen molar-refractivity contribution in [3.63, 3.8) is 0 Å². The van der Waals surface area contributed by atoms with Crippen molar-refractivity contribution in [3.05, 3.63) is 54.0 Å². The number of nitrogens with zero attached hydrogens (tertiary/aromatic N) is 3. The molecule has 2 aliphatic rings. The first-order valence-corrected chi connectivity index (χ1v) is 8.59. The molecule has 0 spiro atoms. The highest BCUT2D eigenvalue weighted by Crippen LogP contribution is 2.33. The summed E-state index contributed by atoms with van der Waals surface area (Å²) in [7, 11) is 0. The number of likely N-dealkylation sites (tertiary alicyclic amines) is 1.